The molecule has 1 unspecified atom stereocenters. The van der Waals surface area contributed by atoms with Crippen LogP contribution in [0.4, 0.5) is 11.4 Å². The summed E-state index contributed by atoms with van der Waals surface area (Å²) in [5, 5.41) is 2.78. The van der Waals surface area contributed by atoms with Gasteiger partial charge in [-0.25, -0.2) is 0 Å². The van der Waals surface area contributed by atoms with Gasteiger partial charge in [0.25, 0.3) is 5.91 Å². The molecule has 0 aliphatic heterocycles. The lowest BCUT2D eigenvalue weighted by molar-refractivity contribution is -0.124. The second-order valence-corrected chi connectivity index (χ2v) is 3.84. The summed E-state index contributed by atoms with van der Waals surface area (Å²) in [4.78, 5) is 11.7. The van der Waals surface area contributed by atoms with Gasteiger partial charge < -0.3 is 15.8 Å². The van der Waals surface area contributed by atoms with Gasteiger partial charge in [0.1, 0.15) is 6.10 Å². The highest BCUT2D eigenvalue weighted by Gasteiger charge is 2.14. The lowest BCUT2D eigenvalue weighted by Crippen LogP contribution is -2.27. The highest BCUT2D eigenvalue weighted by atomic mass is 16.5. The molecule has 0 radical (unpaired) electrons. The molecule has 0 aliphatic carbocycles. The number of carbonyl (C=O) groups is 1. The molecule has 0 aromatic heterocycles. The summed E-state index contributed by atoms with van der Waals surface area (Å²) in [5.74, 6) is -0.192. The Morgan fingerprint density at radius 2 is 2.06 bits per heavy atom. The fraction of sp³-hybridized carbons (Fsp3) is 0.417. The number of aryl methyl sites for hydroxylation is 1. The number of anilines is 2. The summed E-state index contributed by atoms with van der Waals surface area (Å²) in [6.07, 6.45) is -0.487. The number of methoxy groups -OCH3 is 1. The van der Waals surface area contributed by atoms with Crippen LogP contribution >= 0.6 is 0 Å². The van der Waals surface area contributed by atoms with E-state index in [2.05, 4.69) is 5.32 Å². The van der Waals surface area contributed by atoms with E-state index in [1.54, 1.807) is 13.0 Å². The summed E-state index contributed by atoms with van der Waals surface area (Å²) in [7, 11) is 1.50. The molecule has 16 heavy (non-hydrogen) atoms. The van der Waals surface area contributed by atoms with Gasteiger partial charge in [0.2, 0.25) is 0 Å². The standard InChI is InChI=1S/C12H18N2O2/c1-7-5-6-10(13)11(8(7)2)14-12(15)9(3)16-4/h5-6,9H,13H2,1-4H3,(H,14,15). The van der Waals surface area contributed by atoms with Crippen LogP contribution in [0, 0.1) is 13.8 Å². The number of hydrogen-bond donors (Lipinski definition) is 2. The van der Waals surface area contributed by atoms with Crippen LogP contribution in [-0.4, -0.2) is 19.1 Å². The van der Waals surface area contributed by atoms with E-state index in [0.29, 0.717) is 11.4 Å². The van der Waals surface area contributed by atoms with Crippen LogP contribution in [0.25, 0.3) is 0 Å². The van der Waals surface area contributed by atoms with E-state index in [9.17, 15) is 4.79 Å². The minimum absolute atomic E-state index is 0.192. The van der Waals surface area contributed by atoms with Gasteiger partial charge in [0.15, 0.2) is 0 Å². The van der Waals surface area contributed by atoms with Crippen molar-refractivity contribution in [3.8, 4) is 0 Å². The van der Waals surface area contributed by atoms with Gasteiger partial charge in [-0.3, -0.25) is 4.79 Å². The molecule has 4 heteroatoms. The van der Waals surface area contributed by atoms with Gasteiger partial charge in [-0.05, 0) is 38.0 Å². The molecule has 3 N–H and O–H groups in total. The van der Waals surface area contributed by atoms with Crippen LogP contribution in [0.1, 0.15) is 18.1 Å². The molecule has 0 fully saturated rings. The summed E-state index contributed by atoms with van der Waals surface area (Å²) in [6, 6.07) is 3.72. The van der Waals surface area contributed by atoms with E-state index in [1.807, 2.05) is 19.9 Å². The van der Waals surface area contributed by atoms with Crippen molar-refractivity contribution in [2.75, 3.05) is 18.2 Å². The molecule has 1 amide bonds. The largest absolute Gasteiger partial charge is 0.397 e. The predicted molar refractivity (Wildman–Crippen MR) is 65.4 cm³/mol. The van der Waals surface area contributed by atoms with Crippen LogP contribution < -0.4 is 11.1 Å². The maximum absolute atomic E-state index is 11.7. The molecule has 0 aliphatic rings. The van der Waals surface area contributed by atoms with Crippen LogP contribution in [-0.2, 0) is 9.53 Å². The monoisotopic (exact) mass is 222 g/mol. The topological polar surface area (TPSA) is 64.3 Å². The lowest BCUT2D eigenvalue weighted by atomic mass is 10.1. The van der Waals surface area contributed by atoms with Crippen molar-refractivity contribution in [2.24, 2.45) is 0 Å². The first-order valence-electron chi connectivity index (χ1n) is 5.16. The maximum atomic E-state index is 11.7. The van der Waals surface area contributed by atoms with Crippen molar-refractivity contribution in [1.82, 2.24) is 0 Å². The third-order valence-electron chi connectivity index (χ3n) is 2.74. The zero-order valence-electron chi connectivity index (χ0n) is 10.1. The molecule has 0 saturated carbocycles. The molecular weight excluding hydrogens is 204 g/mol. The zero-order chi connectivity index (χ0) is 12.3. The van der Waals surface area contributed by atoms with Crippen LogP contribution in [0.3, 0.4) is 0 Å². The lowest BCUT2D eigenvalue weighted by Gasteiger charge is -2.15. The van der Waals surface area contributed by atoms with Crippen LogP contribution in [0.15, 0.2) is 12.1 Å². The Bertz CT molecular complexity index is 402. The van der Waals surface area contributed by atoms with E-state index in [1.165, 1.54) is 7.11 Å². The van der Waals surface area contributed by atoms with Gasteiger partial charge in [-0.1, -0.05) is 6.07 Å². The Labute approximate surface area is 95.8 Å². The van der Waals surface area contributed by atoms with Crippen molar-refractivity contribution in [1.29, 1.82) is 0 Å². The number of benzene rings is 1. The minimum Gasteiger partial charge on any atom is -0.397 e. The Kier molecular flexibility index (Phi) is 3.90. The Hall–Kier alpha value is -1.55. The number of carbonyl (C=O) groups excluding carboxylic acids is 1. The van der Waals surface area contributed by atoms with Crippen molar-refractivity contribution in [3.63, 3.8) is 0 Å². The number of amides is 1. The van der Waals surface area contributed by atoms with Gasteiger partial charge >= 0.3 is 0 Å². The minimum atomic E-state index is -0.487. The Morgan fingerprint density at radius 3 is 2.62 bits per heavy atom. The smallest absolute Gasteiger partial charge is 0.253 e. The number of hydrogen-bond acceptors (Lipinski definition) is 3. The molecule has 1 rings (SSSR count). The van der Waals surface area contributed by atoms with Crippen molar-refractivity contribution >= 4 is 17.3 Å². The van der Waals surface area contributed by atoms with Crippen molar-refractivity contribution in [3.05, 3.63) is 23.3 Å². The molecule has 0 heterocycles. The molecule has 1 aromatic carbocycles. The Morgan fingerprint density at radius 1 is 1.44 bits per heavy atom. The first kappa shape index (κ1) is 12.5. The number of rotatable bonds is 3. The fourth-order valence-electron chi connectivity index (χ4n) is 1.33. The zero-order valence-corrected chi connectivity index (χ0v) is 10.1. The molecule has 88 valence electrons. The van der Waals surface area contributed by atoms with E-state index in [4.69, 9.17) is 10.5 Å². The van der Waals surface area contributed by atoms with E-state index >= 15 is 0 Å². The molecule has 0 spiro atoms. The molecule has 0 bridgehead atoms. The summed E-state index contributed by atoms with van der Waals surface area (Å²) in [5.41, 5.74) is 9.14. The molecule has 1 aromatic rings. The van der Waals surface area contributed by atoms with Gasteiger partial charge in [-0.15, -0.1) is 0 Å². The first-order chi connectivity index (χ1) is 7.47. The average Bonchev–Trinajstić information content (AvgIpc) is 2.28. The SMILES string of the molecule is COC(C)C(=O)Nc1c(N)ccc(C)c1C. The second-order valence-electron chi connectivity index (χ2n) is 3.84. The predicted octanol–water partition coefficient (Wildman–Crippen LogP) is 1.86. The summed E-state index contributed by atoms with van der Waals surface area (Å²) >= 11 is 0. The fourth-order valence-corrected chi connectivity index (χ4v) is 1.33. The van der Waals surface area contributed by atoms with Crippen LogP contribution in [0.5, 0.6) is 0 Å². The summed E-state index contributed by atoms with van der Waals surface area (Å²) in [6.45, 7) is 5.60. The van der Waals surface area contributed by atoms with E-state index < -0.39 is 6.10 Å². The first-order valence-corrected chi connectivity index (χ1v) is 5.16. The van der Waals surface area contributed by atoms with Gasteiger partial charge in [0, 0.05) is 7.11 Å². The van der Waals surface area contributed by atoms with Gasteiger partial charge in [-0.2, -0.15) is 0 Å². The molecular formula is C12H18N2O2. The molecule has 1 atom stereocenters. The number of nitrogens with two attached hydrogens (primary N) is 1. The normalized spacial score (nSPS) is 12.2. The van der Waals surface area contributed by atoms with Crippen LogP contribution in [0.2, 0.25) is 0 Å². The molecule has 4 nitrogen and oxygen atoms in total. The third kappa shape index (κ3) is 2.52. The van der Waals surface area contributed by atoms with E-state index in [-0.39, 0.29) is 5.91 Å². The highest BCUT2D eigenvalue weighted by molar-refractivity contribution is 5.97. The number of nitrogen functional groups attached to an aromatic ring is 1. The third-order valence-corrected chi connectivity index (χ3v) is 2.74. The van der Waals surface area contributed by atoms with Crippen molar-refractivity contribution in [2.45, 2.75) is 26.9 Å². The number of nitrogens with one attached hydrogen (secondary N) is 1. The Balaban J connectivity index is 2.97. The molecule has 0 saturated heterocycles. The average molecular weight is 222 g/mol. The highest BCUT2D eigenvalue weighted by Crippen LogP contribution is 2.25. The van der Waals surface area contributed by atoms with E-state index in [0.717, 1.165) is 11.1 Å². The second kappa shape index (κ2) is 4.99. The summed E-state index contributed by atoms with van der Waals surface area (Å²) < 4.78 is 4.94. The van der Waals surface area contributed by atoms with Crippen molar-refractivity contribution < 1.29 is 9.53 Å². The number of ether oxygens (including phenoxy) is 1. The quantitative estimate of drug-likeness (QED) is 0.767. The van der Waals surface area contributed by atoms with Gasteiger partial charge in [0.05, 0.1) is 11.4 Å². The maximum Gasteiger partial charge on any atom is 0.253 e.